The molecule has 1 aliphatic rings. The van der Waals surface area contributed by atoms with E-state index in [9.17, 15) is 4.79 Å². The molecule has 0 aliphatic heterocycles. The lowest BCUT2D eigenvalue weighted by Crippen LogP contribution is -2.30. The van der Waals surface area contributed by atoms with Crippen molar-refractivity contribution in [2.24, 2.45) is 0 Å². The van der Waals surface area contributed by atoms with Crippen LogP contribution in [0.5, 0.6) is 0 Å². The topological polar surface area (TPSA) is 29.1 Å². The Morgan fingerprint density at radius 2 is 2.19 bits per heavy atom. The summed E-state index contributed by atoms with van der Waals surface area (Å²) in [6, 6.07) is 4.51. The van der Waals surface area contributed by atoms with Crippen LogP contribution in [0.1, 0.15) is 35.4 Å². The quantitative estimate of drug-likeness (QED) is 0.801. The summed E-state index contributed by atoms with van der Waals surface area (Å²) in [5.74, 6) is 0.0398. The lowest BCUT2D eigenvalue weighted by molar-refractivity contribution is -0.117. The maximum atomic E-state index is 11.6. The minimum absolute atomic E-state index is 0.0398. The van der Waals surface area contributed by atoms with Gasteiger partial charge < -0.3 is 5.32 Å². The highest BCUT2D eigenvalue weighted by atomic mass is 32.1. The summed E-state index contributed by atoms with van der Waals surface area (Å²) >= 11 is 1.71. The number of hydrogen-bond donors (Lipinski definition) is 1. The molecule has 2 nitrogen and oxygen atoms in total. The van der Waals surface area contributed by atoms with Crippen molar-refractivity contribution in [1.82, 2.24) is 5.32 Å². The molecule has 0 bridgehead atoms. The highest BCUT2D eigenvalue weighted by Gasteiger charge is 2.15. The molecule has 3 heteroatoms. The summed E-state index contributed by atoms with van der Waals surface area (Å²) in [5, 5.41) is 3.03. The van der Waals surface area contributed by atoms with Crippen molar-refractivity contribution >= 4 is 23.3 Å². The molecule has 1 amide bonds. The van der Waals surface area contributed by atoms with Crippen LogP contribution in [0, 0.1) is 6.92 Å². The zero-order chi connectivity index (χ0) is 11.4. The van der Waals surface area contributed by atoms with Crippen LogP contribution in [0.3, 0.4) is 0 Å². The summed E-state index contributed by atoms with van der Waals surface area (Å²) in [6.07, 6.45) is 8.30. The monoisotopic (exact) mass is 235 g/mol. The number of nitrogens with one attached hydrogen (secondary N) is 1. The second-order valence-corrected chi connectivity index (χ2v) is 5.59. The summed E-state index contributed by atoms with van der Waals surface area (Å²) in [4.78, 5) is 14.0. The van der Waals surface area contributed by atoms with Gasteiger partial charge in [-0.15, -0.1) is 11.3 Å². The molecule has 1 aliphatic carbocycles. The van der Waals surface area contributed by atoms with Crippen molar-refractivity contribution in [3.63, 3.8) is 0 Å². The fourth-order valence-electron chi connectivity index (χ4n) is 2.02. The van der Waals surface area contributed by atoms with Gasteiger partial charge in [0.2, 0.25) is 5.91 Å². The molecule has 0 aromatic carbocycles. The summed E-state index contributed by atoms with van der Waals surface area (Å²) in [5.41, 5.74) is 0. The summed E-state index contributed by atoms with van der Waals surface area (Å²) in [7, 11) is 0. The molecule has 1 N–H and O–H groups in total. The maximum Gasteiger partial charge on any atom is 0.244 e. The van der Waals surface area contributed by atoms with E-state index in [1.54, 1.807) is 17.4 Å². The van der Waals surface area contributed by atoms with Gasteiger partial charge in [0.25, 0.3) is 0 Å². The van der Waals surface area contributed by atoms with E-state index in [0.29, 0.717) is 6.04 Å². The Morgan fingerprint density at radius 1 is 1.44 bits per heavy atom. The van der Waals surface area contributed by atoms with Gasteiger partial charge in [-0.1, -0.05) is 12.8 Å². The Labute approximate surface area is 100 Å². The molecule has 0 atom stereocenters. The molecule has 1 aromatic heterocycles. The van der Waals surface area contributed by atoms with Crippen LogP contribution in [-0.4, -0.2) is 11.9 Å². The highest BCUT2D eigenvalue weighted by molar-refractivity contribution is 7.12. The minimum Gasteiger partial charge on any atom is -0.350 e. The standard InChI is InChI=1S/C13H17NOS/c1-10-6-7-12(16-10)8-9-13(15)14-11-4-2-3-5-11/h6-9,11H,2-5H2,1H3,(H,14,15). The average molecular weight is 235 g/mol. The number of thiophene rings is 1. The second-order valence-electron chi connectivity index (χ2n) is 4.27. The third-order valence-corrected chi connectivity index (χ3v) is 3.83. The van der Waals surface area contributed by atoms with Gasteiger partial charge in [-0.25, -0.2) is 0 Å². The molecular weight excluding hydrogens is 218 g/mol. The van der Waals surface area contributed by atoms with Crippen LogP contribution >= 0.6 is 11.3 Å². The van der Waals surface area contributed by atoms with E-state index in [-0.39, 0.29) is 5.91 Å². The Hall–Kier alpha value is -1.09. The zero-order valence-corrected chi connectivity index (χ0v) is 10.3. The van der Waals surface area contributed by atoms with Gasteiger partial charge in [-0.3, -0.25) is 4.79 Å². The molecule has 0 unspecified atom stereocenters. The van der Waals surface area contributed by atoms with Crippen LogP contribution in [0.4, 0.5) is 0 Å². The first-order chi connectivity index (χ1) is 7.74. The molecule has 0 radical (unpaired) electrons. The first kappa shape index (κ1) is 11.4. The smallest absolute Gasteiger partial charge is 0.244 e. The van der Waals surface area contributed by atoms with E-state index in [2.05, 4.69) is 18.3 Å². The van der Waals surface area contributed by atoms with Gasteiger partial charge in [0.05, 0.1) is 0 Å². The van der Waals surface area contributed by atoms with E-state index in [1.807, 2.05) is 12.1 Å². The number of hydrogen-bond acceptors (Lipinski definition) is 2. The van der Waals surface area contributed by atoms with Gasteiger partial charge in [-0.05, 0) is 38.0 Å². The molecule has 0 spiro atoms. The molecule has 1 saturated carbocycles. The molecule has 0 saturated heterocycles. The molecular formula is C13H17NOS. The number of aryl methyl sites for hydroxylation is 1. The molecule has 16 heavy (non-hydrogen) atoms. The fourth-order valence-corrected chi connectivity index (χ4v) is 2.80. The van der Waals surface area contributed by atoms with Gasteiger partial charge in [-0.2, -0.15) is 0 Å². The van der Waals surface area contributed by atoms with Crippen molar-refractivity contribution < 1.29 is 4.79 Å². The van der Waals surface area contributed by atoms with Crippen LogP contribution in [0.2, 0.25) is 0 Å². The van der Waals surface area contributed by atoms with E-state index in [1.165, 1.54) is 17.7 Å². The normalized spacial score (nSPS) is 17.1. The Bertz CT molecular complexity index is 388. The average Bonchev–Trinajstić information content (AvgIpc) is 2.87. The third-order valence-electron chi connectivity index (χ3n) is 2.86. The largest absolute Gasteiger partial charge is 0.350 e. The van der Waals surface area contributed by atoms with Crippen LogP contribution < -0.4 is 5.32 Å². The zero-order valence-electron chi connectivity index (χ0n) is 9.53. The van der Waals surface area contributed by atoms with Crippen molar-refractivity contribution in [3.8, 4) is 0 Å². The maximum absolute atomic E-state index is 11.6. The molecule has 86 valence electrons. The van der Waals surface area contributed by atoms with Crippen LogP contribution in [0.15, 0.2) is 18.2 Å². The van der Waals surface area contributed by atoms with Crippen LogP contribution in [0.25, 0.3) is 6.08 Å². The third kappa shape index (κ3) is 3.20. The van der Waals surface area contributed by atoms with Crippen molar-refractivity contribution in [3.05, 3.63) is 28.0 Å². The Balaban J connectivity index is 1.84. The van der Waals surface area contributed by atoms with E-state index in [0.717, 1.165) is 17.7 Å². The van der Waals surface area contributed by atoms with Crippen molar-refractivity contribution in [1.29, 1.82) is 0 Å². The highest BCUT2D eigenvalue weighted by Crippen LogP contribution is 2.18. The number of carbonyl (C=O) groups excluding carboxylic acids is 1. The number of carbonyl (C=O) groups is 1. The van der Waals surface area contributed by atoms with Crippen molar-refractivity contribution in [2.75, 3.05) is 0 Å². The predicted octanol–water partition coefficient (Wildman–Crippen LogP) is 3.13. The first-order valence-corrected chi connectivity index (χ1v) is 6.61. The van der Waals surface area contributed by atoms with E-state index in [4.69, 9.17) is 0 Å². The molecule has 1 fully saturated rings. The molecule has 2 rings (SSSR count). The van der Waals surface area contributed by atoms with Gasteiger partial charge in [0.15, 0.2) is 0 Å². The predicted molar refractivity (Wildman–Crippen MR) is 68.5 cm³/mol. The second kappa shape index (κ2) is 5.30. The van der Waals surface area contributed by atoms with Crippen molar-refractivity contribution in [2.45, 2.75) is 38.6 Å². The fraction of sp³-hybridized carbons (Fsp3) is 0.462. The van der Waals surface area contributed by atoms with Crippen LogP contribution in [-0.2, 0) is 4.79 Å². The first-order valence-electron chi connectivity index (χ1n) is 5.79. The number of amides is 1. The molecule has 1 heterocycles. The van der Waals surface area contributed by atoms with Gasteiger partial charge in [0, 0.05) is 21.9 Å². The Kier molecular flexibility index (Phi) is 3.78. The SMILES string of the molecule is Cc1ccc(C=CC(=O)NC2CCCC2)s1. The summed E-state index contributed by atoms with van der Waals surface area (Å²) < 4.78 is 0. The molecule has 1 aromatic rings. The minimum atomic E-state index is 0.0398. The number of rotatable bonds is 3. The van der Waals surface area contributed by atoms with Gasteiger partial charge in [0.1, 0.15) is 0 Å². The van der Waals surface area contributed by atoms with Gasteiger partial charge >= 0.3 is 0 Å². The van der Waals surface area contributed by atoms with E-state index < -0.39 is 0 Å². The summed E-state index contributed by atoms with van der Waals surface area (Å²) in [6.45, 7) is 2.07. The Morgan fingerprint density at radius 3 is 2.81 bits per heavy atom. The van der Waals surface area contributed by atoms with E-state index >= 15 is 0 Å². The lowest BCUT2D eigenvalue weighted by Gasteiger charge is -2.08. The lowest BCUT2D eigenvalue weighted by atomic mass is 10.2.